The third-order valence-electron chi connectivity index (χ3n) is 3.88. The molecular formula is C14H17N5O4. The molecule has 1 aliphatic heterocycles. The molecule has 9 heteroatoms. The van der Waals surface area contributed by atoms with Gasteiger partial charge in [-0.1, -0.05) is 0 Å². The van der Waals surface area contributed by atoms with Crippen molar-refractivity contribution >= 4 is 11.8 Å². The lowest BCUT2D eigenvalue weighted by atomic mass is 10.3. The van der Waals surface area contributed by atoms with Gasteiger partial charge >= 0.3 is 5.88 Å². The minimum atomic E-state index is -0.648. The van der Waals surface area contributed by atoms with Crippen LogP contribution in [0.3, 0.4) is 0 Å². The first kappa shape index (κ1) is 15.2. The minimum absolute atomic E-state index is 0.0172. The summed E-state index contributed by atoms with van der Waals surface area (Å²) in [6, 6.07) is 2.56. The van der Waals surface area contributed by atoms with E-state index in [1.807, 2.05) is 10.8 Å². The number of nitrogens with zero attached hydrogens (tertiary/aromatic N) is 5. The average Bonchev–Trinajstić information content (AvgIpc) is 3.24. The van der Waals surface area contributed by atoms with Crippen molar-refractivity contribution in [3.8, 4) is 0 Å². The Morgan fingerprint density at radius 3 is 2.65 bits per heavy atom. The fourth-order valence-corrected chi connectivity index (χ4v) is 2.55. The Hall–Kier alpha value is -2.68. The smallest absolute Gasteiger partial charge is 0.395 e. The van der Waals surface area contributed by atoms with Crippen LogP contribution in [0.15, 0.2) is 35.3 Å². The lowest BCUT2D eigenvalue weighted by Crippen LogP contribution is -2.49. The van der Waals surface area contributed by atoms with E-state index in [0.717, 1.165) is 26.2 Å². The van der Waals surface area contributed by atoms with E-state index in [0.29, 0.717) is 13.1 Å². The summed E-state index contributed by atoms with van der Waals surface area (Å²) in [7, 11) is 0. The maximum absolute atomic E-state index is 12.3. The Morgan fingerprint density at radius 1 is 1.26 bits per heavy atom. The van der Waals surface area contributed by atoms with Gasteiger partial charge in [-0.25, -0.2) is 4.98 Å². The van der Waals surface area contributed by atoms with Crippen LogP contribution in [-0.2, 0) is 6.54 Å². The number of rotatable bonds is 5. The van der Waals surface area contributed by atoms with Gasteiger partial charge < -0.3 is 13.9 Å². The standard InChI is InChI=1S/C14H17N5O4/c20-14(12-1-2-13(23-12)19(21)22)18-9-7-16(8-10-18)5-6-17-4-3-15-11-17/h1-4,11H,5-10H2. The van der Waals surface area contributed by atoms with Crippen molar-refractivity contribution < 1.29 is 14.1 Å². The number of imidazole rings is 1. The van der Waals surface area contributed by atoms with Crippen LogP contribution in [0.25, 0.3) is 0 Å². The zero-order valence-corrected chi connectivity index (χ0v) is 12.5. The van der Waals surface area contributed by atoms with Crippen molar-refractivity contribution in [1.82, 2.24) is 19.4 Å². The molecule has 0 aromatic carbocycles. The normalized spacial score (nSPS) is 15.7. The number of piperazine rings is 1. The van der Waals surface area contributed by atoms with Gasteiger partial charge in [0.25, 0.3) is 5.91 Å². The molecule has 0 aliphatic carbocycles. The molecule has 0 bridgehead atoms. The first-order valence-corrected chi connectivity index (χ1v) is 7.35. The van der Waals surface area contributed by atoms with Crippen molar-refractivity contribution in [2.75, 3.05) is 32.7 Å². The summed E-state index contributed by atoms with van der Waals surface area (Å²) in [4.78, 5) is 30.2. The summed E-state index contributed by atoms with van der Waals surface area (Å²) in [6.45, 7) is 4.45. The summed E-state index contributed by atoms with van der Waals surface area (Å²) < 4.78 is 6.98. The molecule has 3 heterocycles. The van der Waals surface area contributed by atoms with E-state index < -0.39 is 10.8 Å². The molecule has 0 spiro atoms. The average molecular weight is 319 g/mol. The van der Waals surface area contributed by atoms with Crippen molar-refractivity contribution in [1.29, 1.82) is 0 Å². The summed E-state index contributed by atoms with van der Waals surface area (Å²) in [5.74, 6) is -0.691. The van der Waals surface area contributed by atoms with Crippen LogP contribution >= 0.6 is 0 Å². The summed E-state index contributed by atoms with van der Waals surface area (Å²) >= 11 is 0. The van der Waals surface area contributed by atoms with E-state index in [2.05, 4.69) is 9.88 Å². The molecule has 0 unspecified atom stereocenters. The van der Waals surface area contributed by atoms with Gasteiger partial charge in [-0.2, -0.15) is 0 Å². The first-order valence-electron chi connectivity index (χ1n) is 7.35. The number of nitro groups is 1. The fraction of sp³-hybridized carbons (Fsp3) is 0.429. The van der Waals surface area contributed by atoms with Gasteiger partial charge in [0.15, 0.2) is 5.76 Å². The SMILES string of the molecule is O=C(c1ccc([N+](=O)[O-])o1)N1CCN(CCn2ccnc2)CC1. The van der Waals surface area contributed by atoms with Crippen molar-refractivity contribution in [2.45, 2.75) is 6.54 Å². The number of aromatic nitrogens is 2. The summed E-state index contributed by atoms with van der Waals surface area (Å²) in [6.07, 6.45) is 5.45. The number of amides is 1. The molecule has 3 rings (SSSR count). The van der Waals surface area contributed by atoms with Crippen LogP contribution in [0.1, 0.15) is 10.6 Å². The second-order valence-electron chi connectivity index (χ2n) is 5.33. The van der Waals surface area contributed by atoms with Gasteiger partial charge in [0.05, 0.1) is 12.4 Å². The van der Waals surface area contributed by atoms with E-state index in [-0.39, 0.29) is 11.7 Å². The molecule has 23 heavy (non-hydrogen) atoms. The van der Waals surface area contributed by atoms with Gasteiger partial charge in [0, 0.05) is 51.7 Å². The first-order chi connectivity index (χ1) is 11.1. The molecule has 0 N–H and O–H groups in total. The fourth-order valence-electron chi connectivity index (χ4n) is 2.55. The molecule has 1 saturated heterocycles. The zero-order valence-electron chi connectivity index (χ0n) is 12.5. The van der Waals surface area contributed by atoms with E-state index in [4.69, 9.17) is 4.42 Å². The molecule has 9 nitrogen and oxygen atoms in total. The van der Waals surface area contributed by atoms with Crippen LogP contribution in [0.5, 0.6) is 0 Å². The predicted molar refractivity (Wildman–Crippen MR) is 79.9 cm³/mol. The topological polar surface area (TPSA) is 97.6 Å². The Labute approximate surface area is 132 Å². The second-order valence-corrected chi connectivity index (χ2v) is 5.33. The highest BCUT2D eigenvalue weighted by molar-refractivity contribution is 5.91. The molecule has 1 amide bonds. The van der Waals surface area contributed by atoms with Gasteiger partial charge in [-0.3, -0.25) is 19.8 Å². The Morgan fingerprint density at radius 2 is 2.04 bits per heavy atom. The number of carbonyl (C=O) groups excluding carboxylic acids is 1. The van der Waals surface area contributed by atoms with Crippen LogP contribution in [-0.4, -0.2) is 62.9 Å². The maximum Gasteiger partial charge on any atom is 0.433 e. The van der Waals surface area contributed by atoms with Crippen LogP contribution in [0, 0.1) is 10.1 Å². The van der Waals surface area contributed by atoms with E-state index >= 15 is 0 Å². The molecule has 0 saturated carbocycles. The third-order valence-corrected chi connectivity index (χ3v) is 3.88. The largest absolute Gasteiger partial charge is 0.433 e. The lowest BCUT2D eigenvalue weighted by Gasteiger charge is -2.34. The number of carbonyl (C=O) groups is 1. The second kappa shape index (κ2) is 6.61. The molecular weight excluding hydrogens is 302 g/mol. The van der Waals surface area contributed by atoms with E-state index in [1.165, 1.54) is 12.1 Å². The van der Waals surface area contributed by atoms with Crippen LogP contribution in [0.2, 0.25) is 0 Å². The highest BCUT2D eigenvalue weighted by atomic mass is 16.6. The molecule has 2 aromatic rings. The Kier molecular flexibility index (Phi) is 4.38. The molecule has 1 aliphatic rings. The van der Waals surface area contributed by atoms with Crippen molar-refractivity contribution in [3.63, 3.8) is 0 Å². The monoisotopic (exact) mass is 319 g/mol. The Bertz CT molecular complexity index is 673. The van der Waals surface area contributed by atoms with E-state index in [1.54, 1.807) is 17.4 Å². The Balaban J connectivity index is 1.49. The van der Waals surface area contributed by atoms with Gasteiger partial charge in [0.1, 0.15) is 4.92 Å². The maximum atomic E-state index is 12.3. The van der Waals surface area contributed by atoms with Crippen molar-refractivity contribution in [2.24, 2.45) is 0 Å². The van der Waals surface area contributed by atoms with Crippen molar-refractivity contribution in [3.05, 3.63) is 46.7 Å². The van der Waals surface area contributed by atoms with E-state index in [9.17, 15) is 14.9 Å². The summed E-state index contributed by atoms with van der Waals surface area (Å²) in [5, 5.41) is 10.6. The van der Waals surface area contributed by atoms with Gasteiger partial charge in [-0.15, -0.1) is 0 Å². The van der Waals surface area contributed by atoms with Crippen LogP contribution in [0.4, 0.5) is 5.88 Å². The molecule has 1 fully saturated rings. The molecule has 0 radical (unpaired) electrons. The number of hydrogen-bond acceptors (Lipinski definition) is 6. The van der Waals surface area contributed by atoms with Crippen LogP contribution < -0.4 is 0 Å². The van der Waals surface area contributed by atoms with Gasteiger partial charge in [0.2, 0.25) is 0 Å². The highest BCUT2D eigenvalue weighted by Crippen LogP contribution is 2.18. The summed E-state index contributed by atoms with van der Waals surface area (Å²) in [5.41, 5.74) is 0. The number of furan rings is 1. The zero-order chi connectivity index (χ0) is 16.2. The molecule has 122 valence electrons. The molecule has 2 aromatic heterocycles. The quantitative estimate of drug-likeness (QED) is 0.598. The van der Waals surface area contributed by atoms with Gasteiger partial charge in [-0.05, 0) is 6.07 Å². The number of hydrogen-bond donors (Lipinski definition) is 0. The predicted octanol–water partition coefficient (Wildman–Crippen LogP) is 0.842. The minimum Gasteiger partial charge on any atom is -0.395 e. The highest BCUT2D eigenvalue weighted by Gasteiger charge is 2.25. The molecule has 0 atom stereocenters. The lowest BCUT2D eigenvalue weighted by molar-refractivity contribution is -0.402. The third kappa shape index (κ3) is 3.57.